The first-order valence-corrected chi connectivity index (χ1v) is 8.07. The summed E-state index contributed by atoms with van der Waals surface area (Å²) in [4.78, 5) is 25.4. The van der Waals surface area contributed by atoms with E-state index in [0.29, 0.717) is 30.2 Å². The maximum Gasteiger partial charge on any atom is 0.341 e. The number of esters is 1. The Morgan fingerprint density at radius 3 is 2.81 bits per heavy atom. The van der Waals surface area contributed by atoms with Gasteiger partial charge in [0.2, 0.25) is 0 Å². The van der Waals surface area contributed by atoms with Gasteiger partial charge < -0.3 is 14.8 Å². The zero-order chi connectivity index (χ0) is 15.5. The van der Waals surface area contributed by atoms with E-state index in [9.17, 15) is 9.59 Å². The van der Waals surface area contributed by atoms with Gasteiger partial charge in [0, 0.05) is 11.5 Å². The molecule has 1 aromatic rings. The van der Waals surface area contributed by atoms with Gasteiger partial charge in [-0.15, -0.1) is 11.3 Å². The molecule has 1 amide bonds. The fraction of sp³-hybridized carbons (Fsp3) is 0.600. The molecule has 1 atom stereocenters. The van der Waals surface area contributed by atoms with Crippen LogP contribution in [0.1, 0.15) is 48.8 Å². The van der Waals surface area contributed by atoms with Gasteiger partial charge in [-0.1, -0.05) is 6.92 Å². The number of hydrogen-bond acceptors (Lipinski definition) is 5. The van der Waals surface area contributed by atoms with Crippen LogP contribution in [-0.2, 0) is 20.7 Å². The molecule has 6 heteroatoms. The summed E-state index contributed by atoms with van der Waals surface area (Å²) in [5.41, 5.74) is -0.379. The van der Waals surface area contributed by atoms with Crippen LogP contribution < -0.4 is 5.32 Å². The summed E-state index contributed by atoms with van der Waals surface area (Å²) in [5.74, 6) is -0.601. The van der Waals surface area contributed by atoms with Gasteiger partial charge in [0.05, 0.1) is 12.2 Å². The molecule has 1 aliphatic heterocycles. The molecule has 0 saturated carbocycles. The molecule has 21 heavy (non-hydrogen) atoms. The van der Waals surface area contributed by atoms with E-state index in [-0.39, 0.29) is 5.91 Å². The highest BCUT2D eigenvalue weighted by atomic mass is 32.1. The Balaban J connectivity index is 2.20. The summed E-state index contributed by atoms with van der Waals surface area (Å²) in [6, 6.07) is 1.79. The average Bonchev–Trinajstić information content (AvgIpc) is 3.06. The molecule has 0 bridgehead atoms. The first-order valence-electron chi connectivity index (χ1n) is 7.25. The van der Waals surface area contributed by atoms with E-state index >= 15 is 0 Å². The number of rotatable bonds is 5. The minimum atomic E-state index is -0.803. The molecule has 0 aromatic carbocycles. The van der Waals surface area contributed by atoms with Crippen molar-refractivity contribution in [1.82, 2.24) is 0 Å². The SMILES string of the molecule is CCOC(=O)c1cc(CC)sc1NC(=O)C1(C)CCCO1. The summed E-state index contributed by atoms with van der Waals surface area (Å²) in [6.45, 7) is 6.46. The van der Waals surface area contributed by atoms with Crippen molar-refractivity contribution in [3.63, 3.8) is 0 Å². The molecular formula is C15H21NO4S. The van der Waals surface area contributed by atoms with Crippen molar-refractivity contribution in [3.05, 3.63) is 16.5 Å². The zero-order valence-electron chi connectivity index (χ0n) is 12.7. The van der Waals surface area contributed by atoms with Crippen LogP contribution in [0.3, 0.4) is 0 Å². The van der Waals surface area contributed by atoms with Crippen molar-refractivity contribution in [2.45, 2.75) is 45.6 Å². The van der Waals surface area contributed by atoms with Crippen molar-refractivity contribution >= 4 is 28.2 Å². The topological polar surface area (TPSA) is 64.6 Å². The van der Waals surface area contributed by atoms with Crippen molar-refractivity contribution in [2.75, 3.05) is 18.5 Å². The summed E-state index contributed by atoms with van der Waals surface area (Å²) in [7, 11) is 0. The fourth-order valence-electron chi connectivity index (χ4n) is 2.26. The number of thiophene rings is 1. The van der Waals surface area contributed by atoms with E-state index in [4.69, 9.17) is 9.47 Å². The van der Waals surface area contributed by atoms with E-state index in [1.165, 1.54) is 11.3 Å². The molecule has 1 aromatic heterocycles. The highest BCUT2D eigenvalue weighted by Crippen LogP contribution is 2.32. The fourth-order valence-corrected chi connectivity index (χ4v) is 3.24. The molecule has 0 radical (unpaired) electrons. The van der Waals surface area contributed by atoms with Gasteiger partial charge in [-0.3, -0.25) is 4.79 Å². The third-order valence-electron chi connectivity index (χ3n) is 3.55. The molecular weight excluding hydrogens is 290 g/mol. The van der Waals surface area contributed by atoms with Crippen molar-refractivity contribution < 1.29 is 19.1 Å². The number of carbonyl (C=O) groups is 2. The number of amides is 1. The van der Waals surface area contributed by atoms with E-state index in [1.54, 1.807) is 19.9 Å². The highest BCUT2D eigenvalue weighted by Gasteiger charge is 2.38. The lowest BCUT2D eigenvalue weighted by atomic mass is 10.0. The second-order valence-corrected chi connectivity index (χ2v) is 6.30. The minimum absolute atomic E-state index is 0.199. The summed E-state index contributed by atoms with van der Waals surface area (Å²) in [5, 5.41) is 3.39. The largest absolute Gasteiger partial charge is 0.462 e. The van der Waals surface area contributed by atoms with E-state index < -0.39 is 11.6 Å². The van der Waals surface area contributed by atoms with Crippen LogP contribution >= 0.6 is 11.3 Å². The van der Waals surface area contributed by atoms with Crippen LogP contribution in [0.25, 0.3) is 0 Å². The number of anilines is 1. The standard InChI is InChI=1S/C15H21NO4S/c1-4-10-9-11(13(17)19-5-2)12(21-10)16-14(18)15(3)7-6-8-20-15/h9H,4-8H2,1-3H3,(H,16,18). The number of ether oxygens (including phenoxy) is 2. The molecule has 116 valence electrons. The Hall–Kier alpha value is -1.40. The van der Waals surface area contributed by atoms with Gasteiger partial charge in [-0.2, -0.15) is 0 Å². The first-order chi connectivity index (χ1) is 10.00. The Bertz CT molecular complexity index is 532. The molecule has 1 fully saturated rings. The maximum absolute atomic E-state index is 12.4. The molecule has 2 heterocycles. The molecule has 5 nitrogen and oxygen atoms in total. The van der Waals surface area contributed by atoms with Crippen LogP contribution in [0, 0.1) is 0 Å². The Morgan fingerprint density at radius 2 is 2.24 bits per heavy atom. The molecule has 0 aliphatic carbocycles. The lowest BCUT2D eigenvalue weighted by molar-refractivity contribution is -0.133. The smallest absolute Gasteiger partial charge is 0.341 e. The van der Waals surface area contributed by atoms with Gasteiger partial charge >= 0.3 is 5.97 Å². The van der Waals surface area contributed by atoms with Gasteiger partial charge in [0.1, 0.15) is 10.6 Å². The van der Waals surface area contributed by atoms with Crippen LogP contribution in [0.5, 0.6) is 0 Å². The quantitative estimate of drug-likeness (QED) is 0.849. The third kappa shape index (κ3) is 3.44. The van der Waals surface area contributed by atoms with Gasteiger partial charge in [0.25, 0.3) is 5.91 Å². The Labute approximate surface area is 128 Å². The van der Waals surface area contributed by atoms with Crippen molar-refractivity contribution in [3.8, 4) is 0 Å². The zero-order valence-corrected chi connectivity index (χ0v) is 13.5. The van der Waals surface area contributed by atoms with Gasteiger partial charge in [-0.25, -0.2) is 4.79 Å². The molecule has 1 aliphatic rings. The second-order valence-electron chi connectivity index (χ2n) is 5.17. The van der Waals surface area contributed by atoms with Crippen LogP contribution in [0.4, 0.5) is 5.00 Å². The van der Waals surface area contributed by atoms with E-state index in [0.717, 1.165) is 17.7 Å². The monoisotopic (exact) mass is 311 g/mol. The number of carbonyl (C=O) groups excluding carboxylic acids is 2. The van der Waals surface area contributed by atoms with E-state index in [2.05, 4.69) is 5.32 Å². The van der Waals surface area contributed by atoms with Gasteiger partial charge in [-0.05, 0) is 39.2 Å². The van der Waals surface area contributed by atoms with Crippen LogP contribution in [0.15, 0.2) is 6.07 Å². The van der Waals surface area contributed by atoms with Crippen LogP contribution in [0.2, 0.25) is 0 Å². The number of aryl methyl sites for hydroxylation is 1. The Kier molecular flexibility index (Phi) is 5.00. The lowest BCUT2D eigenvalue weighted by Gasteiger charge is -2.21. The van der Waals surface area contributed by atoms with E-state index in [1.807, 2.05) is 6.92 Å². The number of nitrogens with one attached hydrogen (secondary N) is 1. The predicted octanol–water partition coefficient (Wildman–Crippen LogP) is 2.99. The summed E-state index contributed by atoms with van der Waals surface area (Å²) >= 11 is 1.41. The summed E-state index contributed by atoms with van der Waals surface area (Å²) in [6.07, 6.45) is 2.37. The highest BCUT2D eigenvalue weighted by molar-refractivity contribution is 7.16. The maximum atomic E-state index is 12.4. The molecule has 2 rings (SSSR count). The molecule has 0 spiro atoms. The third-order valence-corrected chi connectivity index (χ3v) is 4.75. The molecule has 1 unspecified atom stereocenters. The Morgan fingerprint density at radius 1 is 1.48 bits per heavy atom. The molecule has 1 N–H and O–H groups in total. The van der Waals surface area contributed by atoms with Crippen molar-refractivity contribution in [1.29, 1.82) is 0 Å². The number of hydrogen-bond donors (Lipinski definition) is 1. The van der Waals surface area contributed by atoms with Crippen LogP contribution in [-0.4, -0.2) is 30.7 Å². The van der Waals surface area contributed by atoms with Gasteiger partial charge in [0.15, 0.2) is 0 Å². The second kappa shape index (κ2) is 6.58. The predicted molar refractivity (Wildman–Crippen MR) is 81.9 cm³/mol. The molecule has 1 saturated heterocycles. The average molecular weight is 311 g/mol. The van der Waals surface area contributed by atoms with Crippen molar-refractivity contribution in [2.24, 2.45) is 0 Å². The normalized spacial score (nSPS) is 21.3. The first kappa shape index (κ1) is 16.0. The lowest BCUT2D eigenvalue weighted by Crippen LogP contribution is -2.39. The minimum Gasteiger partial charge on any atom is -0.462 e. The summed E-state index contributed by atoms with van der Waals surface area (Å²) < 4.78 is 10.6.